The Morgan fingerprint density at radius 2 is 1.69 bits per heavy atom. The Morgan fingerprint density at radius 3 is 2.50 bits per heavy atom. The molecule has 0 spiro atoms. The SMILES string of the molecule is O=C(Nc1cccc(OCCCc2ccccc2)c1)c1ccccc1Cl. The topological polar surface area (TPSA) is 38.3 Å². The van der Waals surface area contributed by atoms with Crippen LogP contribution in [0, 0.1) is 0 Å². The van der Waals surface area contributed by atoms with E-state index in [1.165, 1.54) is 5.56 Å². The molecule has 0 aliphatic carbocycles. The summed E-state index contributed by atoms with van der Waals surface area (Å²) in [6, 6.07) is 24.7. The summed E-state index contributed by atoms with van der Waals surface area (Å²) >= 11 is 6.07. The molecule has 3 nitrogen and oxygen atoms in total. The highest BCUT2D eigenvalue weighted by atomic mass is 35.5. The van der Waals surface area contributed by atoms with E-state index in [1.807, 2.05) is 42.5 Å². The van der Waals surface area contributed by atoms with E-state index in [-0.39, 0.29) is 5.91 Å². The second-order valence-electron chi connectivity index (χ2n) is 5.90. The molecule has 0 radical (unpaired) electrons. The number of hydrogen-bond acceptors (Lipinski definition) is 2. The monoisotopic (exact) mass is 365 g/mol. The number of rotatable bonds is 7. The van der Waals surface area contributed by atoms with Crippen LogP contribution in [0.1, 0.15) is 22.3 Å². The summed E-state index contributed by atoms with van der Waals surface area (Å²) in [5, 5.41) is 3.28. The van der Waals surface area contributed by atoms with Gasteiger partial charge in [0.25, 0.3) is 5.91 Å². The molecule has 26 heavy (non-hydrogen) atoms. The number of carbonyl (C=O) groups excluding carboxylic acids is 1. The Kier molecular flexibility index (Phi) is 6.29. The molecule has 4 heteroatoms. The van der Waals surface area contributed by atoms with E-state index in [1.54, 1.807) is 24.3 Å². The average Bonchev–Trinajstić information content (AvgIpc) is 2.67. The zero-order chi connectivity index (χ0) is 18.2. The van der Waals surface area contributed by atoms with Crippen LogP contribution in [0.3, 0.4) is 0 Å². The summed E-state index contributed by atoms with van der Waals surface area (Å²) in [7, 11) is 0. The van der Waals surface area contributed by atoms with Gasteiger partial charge in [-0.2, -0.15) is 0 Å². The van der Waals surface area contributed by atoms with Crippen LogP contribution in [0.25, 0.3) is 0 Å². The number of amides is 1. The van der Waals surface area contributed by atoms with E-state index < -0.39 is 0 Å². The molecule has 0 atom stereocenters. The van der Waals surface area contributed by atoms with Crippen molar-refractivity contribution in [3.8, 4) is 5.75 Å². The largest absolute Gasteiger partial charge is 0.494 e. The zero-order valence-corrected chi connectivity index (χ0v) is 15.1. The molecule has 0 saturated carbocycles. The number of halogens is 1. The lowest BCUT2D eigenvalue weighted by Crippen LogP contribution is -2.12. The van der Waals surface area contributed by atoms with Gasteiger partial charge in [0.1, 0.15) is 5.75 Å². The molecule has 0 heterocycles. The van der Waals surface area contributed by atoms with Crippen molar-refractivity contribution in [3.63, 3.8) is 0 Å². The van der Waals surface area contributed by atoms with Gasteiger partial charge in [0.2, 0.25) is 0 Å². The third kappa shape index (κ3) is 5.11. The van der Waals surface area contributed by atoms with Crippen molar-refractivity contribution >= 4 is 23.2 Å². The molecule has 3 aromatic rings. The lowest BCUT2D eigenvalue weighted by atomic mass is 10.1. The molecule has 3 rings (SSSR count). The van der Waals surface area contributed by atoms with Gasteiger partial charge in [-0.05, 0) is 42.7 Å². The minimum absolute atomic E-state index is 0.239. The van der Waals surface area contributed by atoms with Crippen LogP contribution in [-0.4, -0.2) is 12.5 Å². The summed E-state index contributed by atoms with van der Waals surface area (Å²) in [6.07, 6.45) is 1.91. The van der Waals surface area contributed by atoms with Crippen molar-refractivity contribution in [2.45, 2.75) is 12.8 Å². The Bertz CT molecular complexity index is 865. The molecule has 0 aliphatic heterocycles. The molecule has 0 bridgehead atoms. The second-order valence-corrected chi connectivity index (χ2v) is 6.31. The standard InChI is InChI=1S/C22H20ClNO2/c23-21-14-5-4-13-20(21)22(25)24-18-11-6-12-19(16-18)26-15-7-10-17-8-2-1-3-9-17/h1-6,8-9,11-14,16H,7,10,15H2,(H,24,25). The van der Waals surface area contributed by atoms with E-state index in [0.717, 1.165) is 18.6 Å². The maximum Gasteiger partial charge on any atom is 0.257 e. The lowest BCUT2D eigenvalue weighted by molar-refractivity contribution is 0.102. The summed E-state index contributed by atoms with van der Waals surface area (Å²) < 4.78 is 5.80. The van der Waals surface area contributed by atoms with Gasteiger partial charge in [0.15, 0.2) is 0 Å². The quantitative estimate of drug-likeness (QED) is 0.553. The average molecular weight is 366 g/mol. The van der Waals surface area contributed by atoms with Crippen molar-refractivity contribution in [3.05, 3.63) is 95.0 Å². The van der Waals surface area contributed by atoms with Gasteiger partial charge < -0.3 is 10.1 Å². The smallest absolute Gasteiger partial charge is 0.257 e. The fourth-order valence-electron chi connectivity index (χ4n) is 2.62. The summed E-state index contributed by atoms with van der Waals surface area (Å²) in [4.78, 5) is 12.3. The first-order chi connectivity index (χ1) is 12.7. The Hall–Kier alpha value is -2.78. The Morgan fingerprint density at radius 1 is 0.923 bits per heavy atom. The van der Waals surface area contributed by atoms with Gasteiger partial charge in [-0.25, -0.2) is 0 Å². The van der Waals surface area contributed by atoms with Gasteiger partial charge in [-0.1, -0.05) is 60.1 Å². The minimum atomic E-state index is -0.239. The van der Waals surface area contributed by atoms with Crippen LogP contribution in [0.15, 0.2) is 78.9 Å². The fourth-order valence-corrected chi connectivity index (χ4v) is 2.84. The third-order valence-electron chi connectivity index (χ3n) is 3.93. The first-order valence-corrected chi connectivity index (χ1v) is 8.93. The Balaban J connectivity index is 1.53. The van der Waals surface area contributed by atoms with Gasteiger partial charge in [0, 0.05) is 11.8 Å². The van der Waals surface area contributed by atoms with Crippen LogP contribution in [0.4, 0.5) is 5.69 Å². The van der Waals surface area contributed by atoms with E-state index in [2.05, 4.69) is 17.4 Å². The highest BCUT2D eigenvalue weighted by Gasteiger charge is 2.10. The molecule has 3 aromatic carbocycles. The van der Waals surface area contributed by atoms with Gasteiger partial charge in [0.05, 0.1) is 17.2 Å². The van der Waals surface area contributed by atoms with Crippen LogP contribution in [0.2, 0.25) is 5.02 Å². The molecule has 0 fully saturated rings. The summed E-state index contributed by atoms with van der Waals surface area (Å²) in [5.41, 5.74) is 2.43. The van der Waals surface area contributed by atoms with Crippen molar-refractivity contribution in [1.29, 1.82) is 0 Å². The van der Waals surface area contributed by atoms with Crippen molar-refractivity contribution < 1.29 is 9.53 Å². The van der Waals surface area contributed by atoms with Gasteiger partial charge >= 0.3 is 0 Å². The maximum absolute atomic E-state index is 12.3. The van der Waals surface area contributed by atoms with Gasteiger partial charge in [-0.3, -0.25) is 4.79 Å². The van der Waals surface area contributed by atoms with Crippen molar-refractivity contribution in [2.75, 3.05) is 11.9 Å². The van der Waals surface area contributed by atoms with E-state index >= 15 is 0 Å². The number of ether oxygens (including phenoxy) is 1. The molecule has 0 aromatic heterocycles. The van der Waals surface area contributed by atoms with Crippen LogP contribution in [0.5, 0.6) is 5.75 Å². The van der Waals surface area contributed by atoms with E-state index in [0.29, 0.717) is 22.9 Å². The number of hydrogen-bond donors (Lipinski definition) is 1. The first-order valence-electron chi connectivity index (χ1n) is 8.55. The number of nitrogens with one attached hydrogen (secondary N) is 1. The molecule has 132 valence electrons. The van der Waals surface area contributed by atoms with Crippen LogP contribution in [-0.2, 0) is 6.42 Å². The normalized spacial score (nSPS) is 10.3. The van der Waals surface area contributed by atoms with Gasteiger partial charge in [-0.15, -0.1) is 0 Å². The summed E-state index contributed by atoms with van der Waals surface area (Å²) in [6.45, 7) is 0.622. The highest BCUT2D eigenvalue weighted by molar-refractivity contribution is 6.34. The molecule has 1 amide bonds. The second kappa shape index (κ2) is 9.07. The maximum atomic E-state index is 12.3. The van der Waals surface area contributed by atoms with Crippen LogP contribution < -0.4 is 10.1 Å². The molecular weight excluding hydrogens is 346 g/mol. The third-order valence-corrected chi connectivity index (χ3v) is 4.26. The molecule has 0 aliphatic rings. The minimum Gasteiger partial charge on any atom is -0.494 e. The predicted molar refractivity (Wildman–Crippen MR) is 106 cm³/mol. The van der Waals surface area contributed by atoms with Crippen LogP contribution >= 0.6 is 11.6 Å². The first kappa shape index (κ1) is 18.0. The predicted octanol–water partition coefficient (Wildman–Crippen LogP) is 5.60. The number of carbonyl (C=O) groups is 1. The molecular formula is C22H20ClNO2. The lowest BCUT2D eigenvalue weighted by Gasteiger charge is -2.10. The van der Waals surface area contributed by atoms with Crippen molar-refractivity contribution in [2.24, 2.45) is 0 Å². The molecule has 0 saturated heterocycles. The zero-order valence-electron chi connectivity index (χ0n) is 14.3. The van der Waals surface area contributed by atoms with E-state index in [9.17, 15) is 4.79 Å². The highest BCUT2D eigenvalue weighted by Crippen LogP contribution is 2.20. The fraction of sp³-hybridized carbons (Fsp3) is 0.136. The number of aryl methyl sites for hydroxylation is 1. The van der Waals surface area contributed by atoms with E-state index in [4.69, 9.17) is 16.3 Å². The number of benzene rings is 3. The number of anilines is 1. The van der Waals surface area contributed by atoms with Crippen molar-refractivity contribution in [1.82, 2.24) is 0 Å². The molecule has 1 N–H and O–H groups in total. The summed E-state index contributed by atoms with van der Waals surface area (Å²) in [5.74, 6) is 0.492. The molecule has 0 unspecified atom stereocenters. The Labute approximate surface area is 158 Å².